The Morgan fingerprint density at radius 2 is 1.72 bits per heavy atom. The van der Waals surface area contributed by atoms with Crippen LogP contribution in [0.5, 0.6) is 11.5 Å². The van der Waals surface area contributed by atoms with Crippen LogP contribution in [0.25, 0.3) is 0 Å². The Kier molecular flexibility index (Phi) is 5.11. The molecule has 0 aliphatic heterocycles. The molecule has 6 heteroatoms. The summed E-state index contributed by atoms with van der Waals surface area (Å²) in [7, 11) is 0. The molecule has 0 atom stereocenters. The van der Waals surface area contributed by atoms with Gasteiger partial charge in [-0.05, 0) is 18.4 Å². The highest BCUT2D eigenvalue weighted by Crippen LogP contribution is 2.44. The average Bonchev–Trinajstić information content (AvgIpc) is 2.32. The zero-order chi connectivity index (χ0) is 13.9. The highest BCUT2D eigenvalue weighted by Gasteiger charge is 2.25. The number of phenolic OH excluding ortho intramolecular Hbond substituents is 1. The highest BCUT2D eigenvalue weighted by atomic mass is 35.5. The minimum Gasteiger partial charge on any atom is -0.504 e. The van der Waals surface area contributed by atoms with E-state index < -0.39 is 17.5 Å². The van der Waals surface area contributed by atoms with Gasteiger partial charge in [-0.1, -0.05) is 43.0 Å². The number of aromatic hydroxyl groups is 2. The van der Waals surface area contributed by atoms with Crippen molar-refractivity contribution < 1.29 is 20.1 Å². The van der Waals surface area contributed by atoms with Crippen molar-refractivity contribution in [3.05, 3.63) is 21.2 Å². The predicted molar refractivity (Wildman–Crippen MR) is 70.0 cm³/mol. The number of phenols is 2. The number of benzene rings is 1. The van der Waals surface area contributed by atoms with Gasteiger partial charge in [-0.15, -0.1) is 0 Å². The lowest BCUT2D eigenvalue weighted by molar-refractivity contribution is 0.0691. The molecule has 100 valence electrons. The van der Waals surface area contributed by atoms with Crippen LogP contribution in [0.4, 0.5) is 0 Å². The number of halogens is 2. The molecular formula is C12H14Cl2O4. The summed E-state index contributed by atoms with van der Waals surface area (Å²) in [6.07, 6.45) is 3.01. The molecule has 0 amide bonds. The molecule has 4 nitrogen and oxygen atoms in total. The molecule has 0 aliphatic carbocycles. The molecule has 0 saturated carbocycles. The summed E-state index contributed by atoms with van der Waals surface area (Å²) in [5, 5.41) is 28.0. The van der Waals surface area contributed by atoms with Crippen LogP contribution in [0, 0.1) is 0 Å². The smallest absolute Gasteiger partial charge is 0.339 e. The molecule has 0 bridgehead atoms. The van der Waals surface area contributed by atoms with Crippen molar-refractivity contribution in [3.8, 4) is 11.5 Å². The standard InChI is InChI=1S/C12H14Cl2O4/c1-2-3-4-5-6-7(12(17)18)10(15)11(16)9(14)8(6)13/h15-16H,2-5H2,1H3,(H,17,18). The van der Waals surface area contributed by atoms with Crippen molar-refractivity contribution in [2.45, 2.75) is 32.6 Å². The fourth-order valence-corrected chi connectivity index (χ4v) is 2.21. The third kappa shape index (κ3) is 2.82. The fourth-order valence-electron chi connectivity index (χ4n) is 1.73. The highest BCUT2D eigenvalue weighted by molar-refractivity contribution is 6.44. The fraction of sp³-hybridized carbons (Fsp3) is 0.417. The van der Waals surface area contributed by atoms with Crippen molar-refractivity contribution in [3.63, 3.8) is 0 Å². The lowest BCUT2D eigenvalue weighted by atomic mass is 9.99. The molecule has 0 saturated heterocycles. The maximum atomic E-state index is 11.1. The van der Waals surface area contributed by atoms with E-state index >= 15 is 0 Å². The summed E-state index contributed by atoms with van der Waals surface area (Å²) in [5.41, 5.74) is -0.115. The molecule has 0 spiro atoms. The molecule has 1 rings (SSSR count). The molecule has 0 heterocycles. The van der Waals surface area contributed by atoms with E-state index in [2.05, 4.69) is 0 Å². The van der Waals surface area contributed by atoms with Crippen LogP contribution in [-0.4, -0.2) is 21.3 Å². The summed E-state index contributed by atoms with van der Waals surface area (Å²) in [4.78, 5) is 11.1. The van der Waals surface area contributed by atoms with Gasteiger partial charge in [-0.3, -0.25) is 0 Å². The second kappa shape index (κ2) is 6.16. The van der Waals surface area contributed by atoms with E-state index in [0.717, 1.165) is 19.3 Å². The van der Waals surface area contributed by atoms with Crippen molar-refractivity contribution in [1.82, 2.24) is 0 Å². The summed E-state index contributed by atoms with van der Waals surface area (Å²) < 4.78 is 0. The number of carboxylic acids is 1. The zero-order valence-electron chi connectivity index (χ0n) is 9.83. The SMILES string of the molecule is CCCCCc1c(Cl)c(Cl)c(O)c(O)c1C(=O)O. The van der Waals surface area contributed by atoms with Gasteiger partial charge in [0, 0.05) is 0 Å². The number of hydrogen-bond donors (Lipinski definition) is 3. The van der Waals surface area contributed by atoms with Crippen LogP contribution in [-0.2, 0) is 6.42 Å². The van der Waals surface area contributed by atoms with Gasteiger partial charge in [-0.25, -0.2) is 4.79 Å². The summed E-state index contributed by atoms with van der Waals surface area (Å²) in [6.45, 7) is 2.01. The predicted octanol–water partition coefficient (Wildman–Crippen LogP) is 3.84. The molecule has 1 aromatic rings. The Bertz CT molecular complexity index is 472. The van der Waals surface area contributed by atoms with Crippen LogP contribution in [0.15, 0.2) is 0 Å². The van der Waals surface area contributed by atoms with E-state index in [9.17, 15) is 15.0 Å². The van der Waals surface area contributed by atoms with Crippen molar-refractivity contribution >= 4 is 29.2 Å². The van der Waals surface area contributed by atoms with Gasteiger partial charge in [-0.2, -0.15) is 0 Å². The van der Waals surface area contributed by atoms with Crippen LogP contribution >= 0.6 is 23.2 Å². The van der Waals surface area contributed by atoms with Crippen LogP contribution in [0.3, 0.4) is 0 Å². The minimum atomic E-state index is -1.34. The molecule has 18 heavy (non-hydrogen) atoms. The van der Waals surface area contributed by atoms with E-state index in [1.165, 1.54) is 0 Å². The third-order valence-corrected chi connectivity index (χ3v) is 3.55. The average molecular weight is 293 g/mol. The van der Waals surface area contributed by atoms with E-state index in [1.54, 1.807) is 0 Å². The normalized spacial score (nSPS) is 10.6. The summed E-state index contributed by atoms with van der Waals surface area (Å²) >= 11 is 11.7. The Balaban J connectivity index is 3.32. The lowest BCUT2D eigenvalue weighted by Gasteiger charge is -2.13. The Morgan fingerprint density at radius 3 is 2.22 bits per heavy atom. The van der Waals surface area contributed by atoms with Gasteiger partial charge in [0.25, 0.3) is 0 Å². The van der Waals surface area contributed by atoms with Gasteiger partial charge < -0.3 is 15.3 Å². The van der Waals surface area contributed by atoms with Crippen molar-refractivity contribution in [2.24, 2.45) is 0 Å². The van der Waals surface area contributed by atoms with E-state index in [-0.39, 0.29) is 21.2 Å². The Hall–Kier alpha value is -1.13. The van der Waals surface area contributed by atoms with E-state index in [1.807, 2.05) is 6.92 Å². The lowest BCUT2D eigenvalue weighted by Crippen LogP contribution is -2.05. The van der Waals surface area contributed by atoms with Gasteiger partial charge in [0.2, 0.25) is 0 Å². The summed E-state index contributed by atoms with van der Waals surface area (Å²) in [6, 6.07) is 0. The molecule has 0 aromatic heterocycles. The quantitative estimate of drug-likeness (QED) is 0.569. The summed E-state index contributed by atoms with van der Waals surface area (Å²) in [5.74, 6) is -2.77. The first-order valence-corrected chi connectivity index (χ1v) is 6.32. The minimum absolute atomic E-state index is 0.0135. The number of unbranched alkanes of at least 4 members (excludes halogenated alkanes) is 2. The van der Waals surface area contributed by atoms with E-state index in [0.29, 0.717) is 6.42 Å². The van der Waals surface area contributed by atoms with Crippen molar-refractivity contribution in [2.75, 3.05) is 0 Å². The molecule has 0 aliphatic rings. The maximum Gasteiger partial charge on any atom is 0.339 e. The molecule has 0 unspecified atom stereocenters. The zero-order valence-corrected chi connectivity index (χ0v) is 11.3. The van der Waals surface area contributed by atoms with Gasteiger partial charge in [0.15, 0.2) is 11.5 Å². The van der Waals surface area contributed by atoms with Gasteiger partial charge in [0.05, 0.1) is 5.02 Å². The van der Waals surface area contributed by atoms with Crippen LogP contribution in [0.2, 0.25) is 10.0 Å². The largest absolute Gasteiger partial charge is 0.504 e. The van der Waals surface area contributed by atoms with E-state index in [4.69, 9.17) is 28.3 Å². The Labute approximate surface area is 115 Å². The molecule has 0 fully saturated rings. The number of aromatic carboxylic acids is 1. The second-order valence-corrected chi connectivity index (χ2v) is 4.70. The first-order chi connectivity index (χ1) is 8.41. The van der Waals surface area contributed by atoms with Gasteiger partial charge in [0.1, 0.15) is 10.6 Å². The third-order valence-electron chi connectivity index (χ3n) is 2.67. The molecule has 3 N–H and O–H groups in total. The molecular weight excluding hydrogens is 279 g/mol. The molecule has 0 radical (unpaired) electrons. The number of carbonyl (C=O) groups is 1. The number of rotatable bonds is 5. The number of carboxylic acid groups (broad SMARTS) is 1. The van der Waals surface area contributed by atoms with Crippen molar-refractivity contribution in [1.29, 1.82) is 0 Å². The second-order valence-electron chi connectivity index (χ2n) is 3.94. The first-order valence-electron chi connectivity index (χ1n) is 5.56. The number of hydrogen-bond acceptors (Lipinski definition) is 3. The topological polar surface area (TPSA) is 77.8 Å². The van der Waals surface area contributed by atoms with Crippen LogP contribution < -0.4 is 0 Å². The molecule has 1 aromatic carbocycles. The van der Waals surface area contributed by atoms with Crippen LogP contribution in [0.1, 0.15) is 42.1 Å². The first kappa shape index (κ1) is 14.9. The maximum absolute atomic E-state index is 11.1. The monoisotopic (exact) mass is 292 g/mol. The Morgan fingerprint density at radius 1 is 1.11 bits per heavy atom. The van der Waals surface area contributed by atoms with Gasteiger partial charge >= 0.3 is 5.97 Å².